The number of pyridine rings is 1. The standard InChI is InChI=1S/C15H18N4O/c1-11-5-6-13(15(16)18-20)14(8-11)19(2)10-12-4-3-7-17-9-12/h3-9,20H,10H2,1-2H3,(H2,16,18). The average molecular weight is 270 g/mol. The van der Waals surface area contributed by atoms with Gasteiger partial charge in [-0.15, -0.1) is 0 Å². The van der Waals surface area contributed by atoms with Gasteiger partial charge >= 0.3 is 0 Å². The molecule has 0 fully saturated rings. The monoisotopic (exact) mass is 270 g/mol. The summed E-state index contributed by atoms with van der Waals surface area (Å²) < 4.78 is 0. The highest BCUT2D eigenvalue weighted by atomic mass is 16.4. The Morgan fingerprint density at radius 1 is 1.40 bits per heavy atom. The Labute approximate surface area is 118 Å². The van der Waals surface area contributed by atoms with E-state index in [9.17, 15) is 0 Å². The molecule has 0 aliphatic heterocycles. The molecule has 2 rings (SSSR count). The number of anilines is 1. The number of aryl methyl sites for hydroxylation is 1. The van der Waals surface area contributed by atoms with Crippen LogP contribution in [0, 0.1) is 6.92 Å². The molecule has 5 nitrogen and oxygen atoms in total. The second-order valence-electron chi connectivity index (χ2n) is 4.72. The van der Waals surface area contributed by atoms with E-state index in [0.717, 1.165) is 16.8 Å². The molecule has 104 valence electrons. The van der Waals surface area contributed by atoms with E-state index in [1.54, 1.807) is 6.20 Å². The maximum Gasteiger partial charge on any atom is 0.172 e. The van der Waals surface area contributed by atoms with Gasteiger partial charge in [-0.1, -0.05) is 17.3 Å². The summed E-state index contributed by atoms with van der Waals surface area (Å²) in [4.78, 5) is 6.16. The molecule has 0 unspecified atom stereocenters. The third kappa shape index (κ3) is 3.06. The first-order valence-electron chi connectivity index (χ1n) is 6.30. The van der Waals surface area contributed by atoms with E-state index in [0.29, 0.717) is 12.1 Å². The molecule has 0 amide bonds. The fourth-order valence-corrected chi connectivity index (χ4v) is 2.08. The first-order valence-corrected chi connectivity index (χ1v) is 6.30. The quantitative estimate of drug-likeness (QED) is 0.386. The van der Waals surface area contributed by atoms with Crippen LogP contribution in [0.5, 0.6) is 0 Å². The van der Waals surface area contributed by atoms with E-state index in [-0.39, 0.29) is 5.84 Å². The first-order chi connectivity index (χ1) is 9.61. The average Bonchev–Trinajstić information content (AvgIpc) is 2.47. The molecule has 0 spiro atoms. The molecule has 20 heavy (non-hydrogen) atoms. The molecule has 5 heteroatoms. The van der Waals surface area contributed by atoms with Crippen LogP contribution in [-0.2, 0) is 6.54 Å². The topological polar surface area (TPSA) is 74.7 Å². The van der Waals surface area contributed by atoms with Crippen LogP contribution >= 0.6 is 0 Å². The smallest absolute Gasteiger partial charge is 0.172 e. The molecule has 3 N–H and O–H groups in total. The third-order valence-corrected chi connectivity index (χ3v) is 3.09. The molecule has 0 saturated heterocycles. The van der Waals surface area contributed by atoms with Gasteiger partial charge in [0, 0.05) is 37.2 Å². The summed E-state index contributed by atoms with van der Waals surface area (Å²) in [5.74, 6) is 0.109. The van der Waals surface area contributed by atoms with Crippen LogP contribution in [0.3, 0.4) is 0 Å². The largest absolute Gasteiger partial charge is 0.409 e. The van der Waals surface area contributed by atoms with E-state index in [1.165, 1.54) is 0 Å². The summed E-state index contributed by atoms with van der Waals surface area (Å²) >= 11 is 0. The summed E-state index contributed by atoms with van der Waals surface area (Å²) in [7, 11) is 1.97. The number of hydrogen-bond donors (Lipinski definition) is 2. The van der Waals surface area contributed by atoms with Crippen LogP contribution < -0.4 is 10.6 Å². The minimum Gasteiger partial charge on any atom is -0.409 e. The van der Waals surface area contributed by atoms with Crippen molar-refractivity contribution in [2.75, 3.05) is 11.9 Å². The van der Waals surface area contributed by atoms with Gasteiger partial charge in [0.05, 0.1) is 0 Å². The number of amidine groups is 1. The van der Waals surface area contributed by atoms with E-state index < -0.39 is 0 Å². The highest BCUT2D eigenvalue weighted by molar-refractivity contribution is 6.02. The van der Waals surface area contributed by atoms with Crippen LogP contribution in [0.25, 0.3) is 0 Å². The third-order valence-electron chi connectivity index (χ3n) is 3.09. The highest BCUT2D eigenvalue weighted by Gasteiger charge is 2.11. The molecule has 0 saturated carbocycles. The lowest BCUT2D eigenvalue weighted by Gasteiger charge is -2.22. The maximum atomic E-state index is 8.89. The number of nitrogens with zero attached hydrogens (tertiary/aromatic N) is 3. The highest BCUT2D eigenvalue weighted by Crippen LogP contribution is 2.22. The molecule has 0 aliphatic rings. The Kier molecular flexibility index (Phi) is 4.20. The molecular formula is C15H18N4O. The minimum atomic E-state index is 0.109. The van der Waals surface area contributed by atoms with Crippen molar-refractivity contribution in [1.29, 1.82) is 0 Å². The van der Waals surface area contributed by atoms with Gasteiger partial charge in [0.25, 0.3) is 0 Å². The zero-order valence-corrected chi connectivity index (χ0v) is 11.6. The number of benzene rings is 1. The zero-order valence-electron chi connectivity index (χ0n) is 11.6. The number of nitrogens with two attached hydrogens (primary N) is 1. The SMILES string of the molecule is Cc1ccc(C(N)=NO)c(N(C)Cc2cccnc2)c1. The van der Waals surface area contributed by atoms with Crippen molar-refractivity contribution in [2.45, 2.75) is 13.5 Å². The Balaban J connectivity index is 2.33. The number of hydrogen-bond acceptors (Lipinski definition) is 4. The van der Waals surface area contributed by atoms with Gasteiger partial charge in [0.2, 0.25) is 0 Å². The van der Waals surface area contributed by atoms with Gasteiger partial charge in [0.15, 0.2) is 5.84 Å². The van der Waals surface area contributed by atoms with Crippen LogP contribution in [0.4, 0.5) is 5.69 Å². The van der Waals surface area contributed by atoms with Crippen LogP contribution in [0.2, 0.25) is 0 Å². The Hall–Kier alpha value is -2.56. The van der Waals surface area contributed by atoms with Gasteiger partial charge in [-0.3, -0.25) is 4.98 Å². The van der Waals surface area contributed by atoms with Crippen molar-refractivity contribution in [3.05, 3.63) is 59.4 Å². The summed E-state index contributed by atoms with van der Waals surface area (Å²) in [5.41, 5.74) is 9.59. The fourth-order valence-electron chi connectivity index (χ4n) is 2.08. The van der Waals surface area contributed by atoms with Gasteiger partial charge in [-0.25, -0.2) is 0 Å². The predicted octanol–water partition coefficient (Wildman–Crippen LogP) is 2.12. The summed E-state index contributed by atoms with van der Waals surface area (Å²) in [6.07, 6.45) is 3.58. The van der Waals surface area contributed by atoms with Crippen LogP contribution in [-0.4, -0.2) is 23.1 Å². The number of rotatable bonds is 4. The maximum absolute atomic E-state index is 8.89. The lowest BCUT2D eigenvalue weighted by Crippen LogP contribution is -2.22. The summed E-state index contributed by atoms with van der Waals surface area (Å²) in [6.45, 7) is 2.71. The number of oxime groups is 1. The molecule has 1 aromatic heterocycles. The molecule has 1 aromatic carbocycles. The zero-order chi connectivity index (χ0) is 14.5. The Morgan fingerprint density at radius 2 is 2.20 bits per heavy atom. The van der Waals surface area contributed by atoms with E-state index in [4.69, 9.17) is 10.9 Å². The normalized spacial score (nSPS) is 11.4. The summed E-state index contributed by atoms with van der Waals surface area (Å²) in [6, 6.07) is 9.74. The second-order valence-corrected chi connectivity index (χ2v) is 4.72. The first kappa shape index (κ1) is 13.9. The molecule has 0 atom stereocenters. The molecule has 0 bridgehead atoms. The fraction of sp³-hybridized carbons (Fsp3) is 0.200. The Bertz CT molecular complexity index is 611. The molecule has 0 aliphatic carbocycles. The summed E-state index contributed by atoms with van der Waals surface area (Å²) in [5, 5.41) is 12.0. The molecule has 0 radical (unpaired) electrons. The van der Waals surface area contributed by atoms with Crippen molar-refractivity contribution in [1.82, 2.24) is 4.98 Å². The van der Waals surface area contributed by atoms with Crippen molar-refractivity contribution in [3.63, 3.8) is 0 Å². The van der Waals surface area contributed by atoms with Crippen molar-refractivity contribution in [3.8, 4) is 0 Å². The van der Waals surface area contributed by atoms with E-state index in [2.05, 4.69) is 15.0 Å². The van der Waals surface area contributed by atoms with E-state index in [1.807, 2.05) is 50.5 Å². The van der Waals surface area contributed by atoms with Gasteiger partial charge < -0.3 is 15.8 Å². The van der Waals surface area contributed by atoms with Gasteiger partial charge in [-0.05, 0) is 36.2 Å². The Morgan fingerprint density at radius 3 is 2.85 bits per heavy atom. The molecule has 2 aromatic rings. The minimum absolute atomic E-state index is 0.109. The van der Waals surface area contributed by atoms with Crippen molar-refractivity contribution < 1.29 is 5.21 Å². The van der Waals surface area contributed by atoms with Crippen LogP contribution in [0.15, 0.2) is 47.9 Å². The van der Waals surface area contributed by atoms with Crippen molar-refractivity contribution >= 4 is 11.5 Å². The van der Waals surface area contributed by atoms with Gasteiger partial charge in [0.1, 0.15) is 0 Å². The van der Waals surface area contributed by atoms with E-state index >= 15 is 0 Å². The second kappa shape index (κ2) is 6.06. The molecule has 1 heterocycles. The predicted molar refractivity (Wildman–Crippen MR) is 80.0 cm³/mol. The molecular weight excluding hydrogens is 252 g/mol. The number of aromatic nitrogens is 1. The van der Waals surface area contributed by atoms with Crippen molar-refractivity contribution in [2.24, 2.45) is 10.9 Å². The van der Waals surface area contributed by atoms with Gasteiger partial charge in [-0.2, -0.15) is 0 Å². The lowest BCUT2D eigenvalue weighted by atomic mass is 10.1. The van der Waals surface area contributed by atoms with Crippen LogP contribution in [0.1, 0.15) is 16.7 Å². The lowest BCUT2D eigenvalue weighted by molar-refractivity contribution is 0.318.